The van der Waals surface area contributed by atoms with Crippen LogP contribution >= 0.6 is 0 Å². The topological polar surface area (TPSA) is 87.7 Å². The van der Waals surface area contributed by atoms with E-state index in [1.54, 1.807) is 31.4 Å². The van der Waals surface area contributed by atoms with Gasteiger partial charge in [0.1, 0.15) is 5.75 Å². The summed E-state index contributed by atoms with van der Waals surface area (Å²) in [6.07, 6.45) is 1.67. The number of ether oxygens (including phenoxy) is 1. The first-order chi connectivity index (χ1) is 8.11. The molecule has 17 heavy (non-hydrogen) atoms. The monoisotopic (exact) mass is 236 g/mol. The molecule has 0 saturated heterocycles. The third-order valence-electron chi connectivity index (χ3n) is 1.80. The van der Waals surface area contributed by atoms with E-state index >= 15 is 0 Å². The molecule has 90 valence electrons. The summed E-state index contributed by atoms with van der Waals surface area (Å²) in [5.74, 6) is -1.03. The van der Waals surface area contributed by atoms with Crippen molar-refractivity contribution in [3.8, 4) is 5.75 Å². The summed E-state index contributed by atoms with van der Waals surface area (Å²) in [7, 11) is 1.56. The van der Waals surface area contributed by atoms with Crippen molar-refractivity contribution in [3.63, 3.8) is 0 Å². The summed E-state index contributed by atoms with van der Waals surface area (Å²) in [6.45, 7) is 0. The van der Waals surface area contributed by atoms with Gasteiger partial charge in [0.05, 0.1) is 12.8 Å². The molecule has 0 heterocycles. The molecule has 0 fully saturated rings. The van der Waals surface area contributed by atoms with Crippen LogP contribution < -0.4 is 15.6 Å². The van der Waals surface area contributed by atoms with Gasteiger partial charge in [-0.25, -0.2) is 4.79 Å². The molecule has 0 aliphatic carbocycles. The van der Waals surface area contributed by atoms with Crippen LogP contribution in [0.5, 0.6) is 5.75 Å². The Morgan fingerprint density at radius 1 is 1.24 bits per heavy atom. The predicted molar refractivity (Wildman–Crippen MR) is 61.5 cm³/mol. The summed E-state index contributed by atoms with van der Waals surface area (Å²) < 4.78 is 4.97. The highest BCUT2D eigenvalue weighted by Gasteiger charge is 1.97. The number of rotatable bonds is 5. The van der Waals surface area contributed by atoms with E-state index in [-0.39, 0.29) is 0 Å². The van der Waals surface area contributed by atoms with Gasteiger partial charge in [-0.3, -0.25) is 15.6 Å². The molecule has 0 unspecified atom stereocenters. The maximum Gasteiger partial charge on any atom is 0.328 e. The minimum absolute atomic E-state index is 0.553. The molecule has 0 bridgehead atoms. The van der Waals surface area contributed by atoms with Crippen LogP contribution in [0.4, 0.5) is 5.69 Å². The minimum Gasteiger partial charge on any atom is -0.497 e. The predicted octanol–water partition coefficient (Wildman–Crippen LogP) is 0.779. The average molecular weight is 236 g/mol. The van der Waals surface area contributed by atoms with Gasteiger partial charge in [-0.1, -0.05) is 0 Å². The Kier molecular flexibility index (Phi) is 4.56. The minimum atomic E-state index is -1.18. The molecule has 0 aromatic heterocycles. The average Bonchev–Trinajstić information content (AvgIpc) is 2.34. The molecule has 6 nitrogen and oxygen atoms in total. The normalized spacial score (nSPS) is 9.94. The highest BCUT2D eigenvalue weighted by atomic mass is 16.5. The number of carboxylic acids is 1. The van der Waals surface area contributed by atoms with Gasteiger partial charge in [-0.2, -0.15) is 0 Å². The van der Waals surface area contributed by atoms with Crippen molar-refractivity contribution in [1.82, 2.24) is 5.43 Å². The lowest BCUT2D eigenvalue weighted by atomic mass is 10.3. The Morgan fingerprint density at radius 3 is 2.41 bits per heavy atom. The van der Waals surface area contributed by atoms with Crippen LogP contribution in [0.1, 0.15) is 0 Å². The Balaban J connectivity index is 2.44. The van der Waals surface area contributed by atoms with Crippen LogP contribution in [-0.4, -0.2) is 24.1 Å². The largest absolute Gasteiger partial charge is 0.497 e. The smallest absolute Gasteiger partial charge is 0.328 e. The second kappa shape index (κ2) is 6.16. The van der Waals surface area contributed by atoms with Crippen LogP contribution in [0.15, 0.2) is 36.4 Å². The lowest BCUT2D eigenvalue weighted by Gasteiger charge is -2.06. The summed E-state index contributed by atoms with van der Waals surface area (Å²) in [4.78, 5) is 21.2. The summed E-state index contributed by atoms with van der Waals surface area (Å²) in [5.41, 5.74) is 5.59. The molecule has 1 rings (SSSR count). The molecule has 3 N–H and O–H groups in total. The van der Waals surface area contributed by atoms with Gasteiger partial charge >= 0.3 is 5.97 Å². The summed E-state index contributed by atoms with van der Waals surface area (Å²) in [6, 6.07) is 6.86. The molecule has 1 aromatic rings. The van der Waals surface area contributed by atoms with Gasteiger partial charge in [0, 0.05) is 12.2 Å². The van der Waals surface area contributed by atoms with Gasteiger partial charge in [0.15, 0.2) is 0 Å². The van der Waals surface area contributed by atoms with Gasteiger partial charge in [0.2, 0.25) is 0 Å². The first-order valence-electron chi connectivity index (χ1n) is 4.73. The number of hydrogen-bond acceptors (Lipinski definition) is 4. The number of carboxylic acid groups (broad SMARTS) is 1. The van der Waals surface area contributed by atoms with E-state index in [0.29, 0.717) is 11.4 Å². The third-order valence-corrected chi connectivity index (χ3v) is 1.80. The zero-order chi connectivity index (χ0) is 12.7. The molecule has 6 heteroatoms. The second-order valence-electron chi connectivity index (χ2n) is 3.01. The van der Waals surface area contributed by atoms with E-state index in [0.717, 1.165) is 12.2 Å². The maximum absolute atomic E-state index is 11.1. The SMILES string of the molecule is COc1ccc(NNC(=O)/C=C\C(=O)O)cc1. The second-order valence-corrected chi connectivity index (χ2v) is 3.01. The van der Waals surface area contributed by atoms with Crippen molar-refractivity contribution < 1.29 is 19.4 Å². The van der Waals surface area contributed by atoms with Crippen LogP contribution in [0.2, 0.25) is 0 Å². The quantitative estimate of drug-likeness (QED) is 0.519. The lowest BCUT2D eigenvalue weighted by molar-refractivity contribution is -0.131. The van der Waals surface area contributed by atoms with Gasteiger partial charge in [0.25, 0.3) is 5.91 Å². The van der Waals surface area contributed by atoms with Gasteiger partial charge < -0.3 is 9.84 Å². The Labute approximate surface area is 97.9 Å². The molecular formula is C11H12N2O4. The number of anilines is 1. The molecule has 0 saturated carbocycles. The van der Waals surface area contributed by atoms with Crippen molar-refractivity contribution in [1.29, 1.82) is 0 Å². The van der Waals surface area contributed by atoms with E-state index in [9.17, 15) is 9.59 Å². The number of hydrogen-bond donors (Lipinski definition) is 3. The third kappa shape index (κ3) is 4.70. The van der Waals surface area contributed by atoms with Crippen LogP contribution in [-0.2, 0) is 9.59 Å². The molecule has 1 amide bonds. The van der Waals surface area contributed by atoms with Crippen LogP contribution in [0.3, 0.4) is 0 Å². The highest BCUT2D eigenvalue weighted by Crippen LogP contribution is 2.13. The first kappa shape index (κ1) is 12.6. The van der Waals surface area contributed by atoms with E-state index in [1.807, 2.05) is 0 Å². The van der Waals surface area contributed by atoms with Gasteiger partial charge in [-0.05, 0) is 24.3 Å². The summed E-state index contributed by atoms with van der Waals surface area (Å²) >= 11 is 0. The Hall–Kier alpha value is -2.50. The van der Waals surface area contributed by atoms with Crippen molar-refractivity contribution in [2.24, 2.45) is 0 Å². The fourth-order valence-electron chi connectivity index (χ4n) is 0.997. The number of aliphatic carboxylic acids is 1. The molecular weight excluding hydrogens is 224 g/mol. The first-order valence-corrected chi connectivity index (χ1v) is 4.73. The summed E-state index contributed by atoms with van der Waals surface area (Å²) in [5, 5.41) is 8.30. The van der Waals surface area contributed by atoms with E-state index in [2.05, 4.69) is 10.9 Å². The molecule has 0 spiro atoms. The Morgan fingerprint density at radius 2 is 1.88 bits per heavy atom. The van der Waals surface area contributed by atoms with Crippen LogP contribution in [0.25, 0.3) is 0 Å². The highest BCUT2D eigenvalue weighted by molar-refractivity contribution is 5.94. The van der Waals surface area contributed by atoms with Gasteiger partial charge in [-0.15, -0.1) is 0 Å². The number of amides is 1. The number of methoxy groups -OCH3 is 1. The van der Waals surface area contributed by atoms with Crippen molar-refractivity contribution >= 4 is 17.6 Å². The zero-order valence-electron chi connectivity index (χ0n) is 9.14. The van der Waals surface area contributed by atoms with E-state index in [1.165, 1.54) is 0 Å². The fourth-order valence-corrected chi connectivity index (χ4v) is 0.997. The number of benzene rings is 1. The maximum atomic E-state index is 11.1. The molecule has 0 radical (unpaired) electrons. The number of carbonyl (C=O) groups excluding carboxylic acids is 1. The van der Waals surface area contributed by atoms with E-state index < -0.39 is 11.9 Å². The van der Waals surface area contributed by atoms with E-state index in [4.69, 9.17) is 9.84 Å². The van der Waals surface area contributed by atoms with Crippen molar-refractivity contribution in [3.05, 3.63) is 36.4 Å². The lowest BCUT2D eigenvalue weighted by Crippen LogP contribution is -2.27. The van der Waals surface area contributed by atoms with Crippen LogP contribution in [0, 0.1) is 0 Å². The zero-order valence-corrected chi connectivity index (χ0v) is 9.14. The fraction of sp³-hybridized carbons (Fsp3) is 0.0909. The Bertz CT molecular complexity index is 426. The standard InChI is InChI=1S/C11H12N2O4/c1-17-9-4-2-8(3-5-9)12-13-10(14)6-7-11(15)16/h2-7,12H,1H3,(H,13,14)(H,15,16)/b7-6-. The molecule has 0 aliphatic heterocycles. The van der Waals surface area contributed by atoms with Crippen molar-refractivity contribution in [2.75, 3.05) is 12.5 Å². The molecule has 1 aromatic carbocycles. The number of hydrazine groups is 1. The molecule has 0 aliphatic rings. The molecule has 0 atom stereocenters. The number of carbonyl (C=O) groups is 2. The number of nitrogens with one attached hydrogen (secondary N) is 2. The van der Waals surface area contributed by atoms with Crippen molar-refractivity contribution in [2.45, 2.75) is 0 Å².